The van der Waals surface area contributed by atoms with E-state index in [1.54, 1.807) is 0 Å². The lowest BCUT2D eigenvalue weighted by Gasteiger charge is -2.32. The van der Waals surface area contributed by atoms with Crippen LogP contribution >= 0.6 is 0 Å². The third-order valence-electron chi connectivity index (χ3n) is 6.47. The molecule has 0 heterocycles. The first-order chi connectivity index (χ1) is 21.4. The Balaban J connectivity index is 5.18. The summed E-state index contributed by atoms with van der Waals surface area (Å²) in [5, 5.41) is 38.6. The molecule has 0 rings (SSSR count). The average molecular weight is 708 g/mol. The molecule has 0 aliphatic carbocycles. The maximum atomic E-state index is 10.7. The quantitative estimate of drug-likeness (QED) is 0.0238. The van der Waals surface area contributed by atoms with E-state index in [-0.39, 0.29) is 71.1 Å². The van der Waals surface area contributed by atoms with Crippen molar-refractivity contribution in [3.63, 3.8) is 0 Å². The van der Waals surface area contributed by atoms with Crippen molar-refractivity contribution in [1.29, 1.82) is 0 Å². The Hall–Kier alpha value is -0.246. The van der Waals surface area contributed by atoms with E-state index in [1.165, 1.54) is 0 Å². The van der Waals surface area contributed by atoms with Gasteiger partial charge in [0.05, 0.1) is 43.7 Å². The van der Waals surface area contributed by atoms with Gasteiger partial charge in [0.1, 0.15) is 0 Å². The van der Waals surface area contributed by atoms with Crippen LogP contribution in [0.15, 0.2) is 0 Å². The Kier molecular flexibility index (Phi) is 25.5. The van der Waals surface area contributed by atoms with Crippen molar-refractivity contribution in [3.05, 3.63) is 0 Å². The molecule has 0 spiro atoms. The summed E-state index contributed by atoms with van der Waals surface area (Å²) in [4.78, 5) is 58.7. The Morgan fingerprint density at radius 2 is 1.07 bits per heavy atom. The lowest BCUT2D eigenvalue weighted by molar-refractivity contribution is -0.0570. The van der Waals surface area contributed by atoms with Gasteiger partial charge >= 0.3 is 17.6 Å². The summed E-state index contributed by atoms with van der Waals surface area (Å²) < 4.78 is 16.6. The highest BCUT2D eigenvalue weighted by atomic mass is 28.4. The molecule has 278 valence electrons. The fraction of sp³-hybridized carbons (Fsp3) is 1.00. The highest BCUT2D eigenvalue weighted by Gasteiger charge is 2.27. The maximum absolute atomic E-state index is 10.7. The summed E-state index contributed by atoms with van der Waals surface area (Å²) in [6, 6.07) is -0.331. The maximum Gasteiger partial charge on any atom is 0.492 e. The normalized spacial score (nSPS) is 15.2. The smallest absolute Gasteiger partial charge is 0.390 e. The van der Waals surface area contributed by atoms with Gasteiger partial charge < -0.3 is 74.7 Å². The van der Waals surface area contributed by atoms with Crippen LogP contribution in [0.1, 0.15) is 33.6 Å². The Morgan fingerprint density at radius 3 is 1.52 bits per heavy atom. The number of nitrogens with zero attached hydrogens (tertiary/aromatic N) is 2. The second-order valence-electron chi connectivity index (χ2n) is 12.6. The number of ether oxygens (including phenoxy) is 3. The second kappa shape index (κ2) is 25.7. The average Bonchev–Trinajstić information content (AvgIpc) is 2.92. The predicted octanol–water partition coefficient (Wildman–Crippen LogP) is -4.73. The van der Waals surface area contributed by atoms with Crippen LogP contribution in [0.5, 0.6) is 0 Å². The molecule has 0 aromatic heterocycles. The number of aliphatic hydroxyl groups is 3. The van der Waals surface area contributed by atoms with Crippen LogP contribution in [-0.4, -0.2) is 200 Å². The molecule has 0 bridgehead atoms. The van der Waals surface area contributed by atoms with Gasteiger partial charge in [0, 0.05) is 97.3 Å². The van der Waals surface area contributed by atoms with Crippen molar-refractivity contribution in [2.24, 2.45) is 5.73 Å². The van der Waals surface area contributed by atoms with Crippen LogP contribution < -0.4 is 16.4 Å². The lowest BCUT2D eigenvalue weighted by atomic mass is 10.2. The van der Waals surface area contributed by atoms with Crippen LogP contribution in [0.2, 0.25) is 12.1 Å². The van der Waals surface area contributed by atoms with E-state index in [9.17, 15) is 15.3 Å². The van der Waals surface area contributed by atoms with E-state index in [4.69, 9.17) is 48.7 Å². The molecule has 0 aliphatic rings. The van der Waals surface area contributed by atoms with Crippen molar-refractivity contribution in [2.75, 3.05) is 105 Å². The number of hydrogen-bond acceptors (Lipinski definition) is 17. The third-order valence-corrected chi connectivity index (χ3v) is 8.52. The summed E-state index contributed by atoms with van der Waals surface area (Å²) in [7, 11) is -8.28. The molecule has 0 aliphatic heterocycles. The Labute approximate surface area is 276 Å². The fourth-order valence-corrected chi connectivity index (χ4v) is 5.50. The van der Waals surface area contributed by atoms with Crippen LogP contribution in [-0.2, 0) is 14.2 Å². The third kappa shape index (κ3) is 32.3. The summed E-state index contributed by atoms with van der Waals surface area (Å²) in [6.45, 7) is 11.8. The molecule has 17 nitrogen and oxygen atoms in total. The zero-order chi connectivity index (χ0) is 35.1. The number of aliphatic hydroxyl groups excluding tert-OH is 3. The van der Waals surface area contributed by atoms with Crippen LogP contribution in [0.4, 0.5) is 0 Å². The Bertz CT molecular complexity index is 688. The van der Waals surface area contributed by atoms with Gasteiger partial charge in [-0.05, 0) is 33.6 Å². The van der Waals surface area contributed by atoms with Gasteiger partial charge in [-0.15, -0.1) is 0 Å². The van der Waals surface area contributed by atoms with E-state index >= 15 is 0 Å². The lowest BCUT2D eigenvalue weighted by Crippen LogP contribution is -2.47. The first kappa shape index (κ1) is 45.8. The highest BCUT2D eigenvalue weighted by molar-refractivity contribution is 6.56. The minimum atomic E-state index is -4.14. The van der Waals surface area contributed by atoms with E-state index in [0.29, 0.717) is 39.3 Å². The molecular formula is C27H65N5O12Si2. The number of rotatable bonds is 31. The van der Waals surface area contributed by atoms with Gasteiger partial charge in [0.15, 0.2) is 0 Å². The first-order valence-corrected chi connectivity index (χ1v) is 20.2. The molecule has 3 unspecified atom stereocenters. The van der Waals surface area contributed by atoms with Gasteiger partial charge in [-0.3, -0.25) is 9.80 Å². The van der Waals surface area contributed by atoms with Crippen molar-refractivity contribution in [2.45, 2.75) is 69.6 Å². The summed E-state index contributed by atoms with van der Waals surface area (Å²) in [5.41, 5.74) is 5.11. The largest absolute Gasteiger partial charge is 0.492 e. The van der Waals surface area contributed by atoms with Gasteiger partial charge in [0.25, 0.3) is 0 Å². The van der Waals surface area contributed by atoms with Gasteiger partial charge in [0.2, 0.25) is 0 Å². The first-order valence-electron chi connectivity index (χ1n) is 16.1. The molecule has 0 aromatic rings. The van der Waals surface area contributed by atoms with E-state index in [0.717, 1.165) is 19.6 Å². The molecule has 0 saturated carbocycles. The van der Waals surface area contributed by atoms with E-state index in [2.05, 4.69) is 15.5 Å². The summed E-state index contributed by atoms with van der Waals surface area (Å²) in [5.74, 6) is 0. The zero-order valence-electron chi connectivity index (χ0n) is 28.1. The summed E-state index contributed by atoms with van der Waals surface area (Å²) in [6.07, 6.45) is -2.13. The van der Waals surface area contributed by atoms with Crippen LogP contribution in [0, 0.1) is 0 Å². The van der Waals surface area contributed by atoms with Gasteiger partial charge in [-0.25, -0.2) is 0 Å². The molecule has 13 N–H and O–H groups in total. The van der Waals surface area contributed by atoms with Crippen molar-refractivity contribution >= 4 is 17.6 Å². The number of nitrogens with one attached hydrogen (secondary N) is 2. The zero-order valence-corrected chi connectivity index (χ0v) is 30.1. The monoisotopic (exact) mass is 707 g/mol. The van der Waals surface area contributed by atoms with E-state index in [1.807, 2.05) is 25.7 Å². The minimum Gasteiger partial charge on any atom is -0.390 e. The van der Waals surface area contributed by atoms with Gasteiger partial charge in [-0.1, -0.05) is 0 Å². The van der Waals surface area contributed by atoms with Crippen molar-refractivity contribution in [1.82, 2.24) is 20.4 Å². The molecule has 0 aromatic carbocycles. The number of nitrogens with two attached hydrogens (primary N) is 1. The Morgan fingerprint density at radius 1 is 0.630 bits per heavy atom. The topological polar surface area (TPSA) is 266 Å². The van der Waals surface area contributed by atoms with Gasteiger partial charge in [-0.2, -0.15) is 0 Å². The standard InChI is InChI=1S/C27H65N5O12Si2/c1-27(2,3)44-23-26(35)18-31(11-10-30-9-8-29-7-6-28)12-13-32(19-24(33)21-42-14-4-16-45(36,37)38)20-25(34)22-43-15-5-17-46(39,40)41/h24-26,29-30,33-41H,4-23,28H2,1-3H3. The highest BCUT2D eigenvalue weighted by Crippen LogP contribution is 2.09. The van der Waals surface area contributed by atoms with E-state index < -0.39 is 41.5 Å². The molecule has 0 fully saturated rings. The molecule has 0 amide bonds. The molecular weight excluding hydrogens is 642 g/mol. The minimum absolute atomic E-state index is 0.0380. The second-order valence-corrected chi connectivity index (χ2v) is 16.7. The molecule has 19 heteroatoms. The number of hydrogen-bond donors (Lipinski definition) is 12. The molecule has 3 atom stereocenters. The van der Waals surface area contributed by atoms with Crippen molar-refractivity contribution < 1.29 is 58.3 Å². The molecule has 0 radical (unpaired) electrons. The molecule has 46 heavy (non-hydrogen) atoms. The van der Waals surface area contributed by atoms with Crippen molar-refractivity contribution in [3.8, 4) is 0 Å². The predicted molar refractivity (Wildman–Crippen MR) is 177 cm³/mol. The van der Waals surface area contributed by atoms with Crippen LogP contribution in [0.25, 0.3) is 0 Å². The SMILES string of the molecule is CC(C)(C)OCC(O)CN(CCNCCNCCN)CCN(CC(O)COCCC[Si](O)(O)O)CC(O)COCCC[Si](O)(O)O. The van der Waals surface area contributed by atoms with Crippen LogP contribution in [0.3, 0.4) is 0 Å². The molecule has 0 saturated heterocycles. The fourth-order valence-electron chi connectivity index (χ4n) is 4.26. The summed E-state index contributed by atoms with van der Waals surface area (Å²) >= 11 is 0.